The first-order valence-corrected chi connectivity index (χ1v) is 8.04. The van der Waals surface area contributed by atoms with Crippen LogP contribution >= 0.6 is 0 Å². The molecular formula is C18H23NO3. The molecule has 1 heterocycles. The summed E-state index contributed by atoms with van der Waals surface area (Å²) in [6, 6.07) is 6.32. The van der Waals surface area contributed by atoms with E-state index in [9.17, 15) is 9.59 Å². The van der Waals surface area contributed by atoms with Gasteiger partial charge in [0.1, 0.15) is 17.6 Å². The summed E-state index contributed by atoms with van der Waals surface area (Å²) in [7, 11) is 0. The fourth-order valence-corrected chi connectivity index (χ4v) is 3.31. The number of nitrogens with zero attached hydrogens (tertiary/aromatic N) is 1. The highest BCUT2D eigenvalue weighted by molar-refractivity contribution is 5.93. The maximum absolute atomic E-state index is 12.0. The van der Waals surface area contributed by atoms with Crippen LogP contribution in [-0.2, 0) is 16.0 Å². The summed E-state index contributed by atoms with van der Waals surface area (Å²) < 4.78 is 5.91. The third kappa shape index (κ3) is 3.01. The predicted octanol–water partition coefficient (Wildman–Crippen LogP) is 3.12. The molecule has 1 aromatic rings. The first-order valence-electron chi connectivity index (χ1n) is 8.04. The highest BCUT2D eigenvalue weighted by atomic mass is 16.5. The zero-order chi connectivity index (χ0) is 15.9. The standard InChI is InChI=1S/C18H23NO3/c1-11-8-17(11)19(13(3)21)15-5-7-18-14(10-15)4-6-16(22-18)9-12(2)20/h5,7,10-11,16-17H,4,6,8-9H2,1-3H3/t11?,16-,17-/m0/s1. The largest absolute Gasteiger partial charge is 0.490 e. The molecule has 1 aliphatic carbocycles. The molecule has 0 aromatic heterocycles. The van der Waals surface area contributed by atoms with Crippen molar-refractivity contribution in [1.82, 2.24) is 0 Å². The van der Waals surface area contributed by atoms with Gasteiger partial charge >= 0.3 is 0 Å². The van der Waals surface area contributed by atoms with Gasteiger partial charge in [-0.25, -0.2) is 0 Å². The Hall–Kier alpha value is -1.84. The van der Waals surface area contributed by atoms with Gasteiger partial charge in [0.2, 0.25) is 5.91 Å². The molecule has 22 heavy (non-hydrogen) atoms. The highest BCUT2D eigenvalue weighted by Gasteiger charge is 2.40. The van der Waals surface area contributed by atoms with E-state index in [0.717, 1.165) is 36.3 Å². The fraction of sp³-hybridized carbons (Fsp3) is 0.556. The molecule has 0 bridgehead atoms. The predicted molar refractivity (Wildman–Crippen MR) is 85.2 cm³/mol. The Morgan fingerprint density at radius 2 is 2.05 bits per heavy atom. The molecule has 1 aliphatic heterocycles. The number of amides is 1. The van der Waals surface area contributed by atoms with Crippen LogP contribution in [0.2, 0.25) is 0 Å². The minimum atomic E-state index is -0.0109. The van der Waals surface area contributed by atoms with E-state index in [4.69, 9.17) is 4.74 Å². The number of hydrogen-bond acceptors (Lipinski definition) is 3. The quantitative estimate of drug-likeness (QED) is 0.858. The van der Waals surface area contributed by atoms with Crippen LogP contribution < -0.4 is 9.64 Å². The molecule has 4 heteroatoms. The van der Waals surface area contributed by atoms with E-state index in [0.29, 0.717) is 18.4 Å². The first-order chi connectivity index (χ1) is 10.5. The Labute approximate surface area is 131 Å². The number of fused-ring (bicyclic) bond motifs is 1. The molecule has 0 N–H and O–H groups in total. The lowest BCUT2D eigenvalue weighted by molar-refractivity contribution is -0.119. The van der Waals surface area contributed by atoms with Crippen molar-refractivity contribution < 1.29 is 14.3 Å². The molecule has 0 spiro atoms. The maximum atomic E-state index is 12.0. The third-order valence-electron chi connectivity index (χ3n) is 4.60. The summed E-state index contributed by atoms with van der Waals surface area (Å²) in [5, 5.41) is 0. The molecule has 0 saturated heterocycles. The number of carbonyl (C=O) groups is 2. The van der Waals surface area contributed by atoms with Gasteiger partial charge in [0.25, 0.3) is 0 Å². The Balaban J connectivity index is 1.80. The number of Topliss-reactive ketones (excluding diaryl/α,β-unsaturated/α-hetero) is 1. The van der Waals surface area contributed by atoms with Crippen LogP contribution in [0.15, 0.2) is 18.2 Å². The number of ketones is 1. The summed E-state index contributed by atoms with van der Waals surface area (Å²) >= 11 is 0. The van der Waals surface area contributed by atoms with Crippen LogP contribution in [-0.4, -0.2) is 23.8 Å². The summed E-state index contributed by atoms with van der Waals surface area (Å²) in [5.74, 6) is 1.70. The van der Waals surface area contributed by atoms with Crippen LogP contribution in [0.3, 0.4) is 0 Å². The van der Waals surface area contributed by atoms with Crippen LogP contribution in [0.1, 0.15) is 45.6 Å². The van der Waals surface area contributed by atoms with Gasteiger partial charge in [-0.3, -0.25) is 9.59 Å². The zero-order valence-corrected chi connectivity index (χ0v) is 13.5. The lowest BCUT2D eigenvalue weighted by atomic mass is 9.98. The van der Waals surface area contributed by atoms with Crippen molar-refractivity contribution in [2.24, 2.45) is 5.92 Å². The molecule has 1 amide bonds. The normalized spacial score (nSPS) is 25.9. The second-order valence-corrected chi connectivity index (χ2v) is 6.65. The third-order valence-corrected chi connectivity index (χ3v) is 4.60. The Bertz CT molecular complexity index is 610. The minimum Gasteiger partial charge on any atom is -0.490 e. The van der Waals surface area contributed by atoms with Gasteiger partial charge in [0.15, 0.2) is 0 Å². The van der Waals surface area contributed by atoms with E-state index >= 15 is 0 Å². The van der Waals surface area contributed by atoms with Gasteiger partial charge in [-0.1, -0.05) is 6.92 Å². The average Bonchev–Trinajstić information content (AvgIpc) is 3.14. The number of aryl methyl sites for hydroxylation is 1. The van der Waals surface area contributed by atoms with Gasteiger partial charge in [-0.05, 0) is 55.9 Å². The van der Waals surface area contributed by atoms with Crippen LogP contribution in [0.25, 0.3) is 0 Å². The molecule has 3 atom stereocenters. The summed E-state index contributed by atoms with van der Waals surface area (Å²) in [5.41, 5.74) is 2.10. The summed E-state index contributed by atoms with van der Waals surface area (Å²) in [4.78, 5) is 25.1. The van der Waals surface area contributed by atoms with E-state index in [1.54, 1.807) is 13.8 Å². The van der Waals surface area contributed by atoms with Crippen LogP contribution in [0.4, 0.5) is 5.69 Å². The van der Waals surface area contributed by atoms with Gasteiger partial charge in [-0.15, -0.1) is 0 Å². The maximum Gasteiger partial charge on any atom is 0.224 e. The molecule has 0 radical (unpaired) electrons. The molecule has 1 unspecified atom stereocenters. The number of rotatable bonds is 4. The Kier molecular flexibility index (Phi) is 3.94. The minimum absolute atomic E-state index is 0.0109. The summed E-state index contributed by atoms with van der Waals surface area (Å²) in [6.07, 6.45) is 3.29. The van der Waals surface area contributed by atoms with Gasteiger partial charge in [0, 0.05) is 25.1 Å². The SMILES string of the molecule is CC(=O)C[C@@H]1CCc2cc(N(C(C)=O)[C@H]3CC3C)ccc2O1. The van der Waals surface area contributed by atoms with Crippen molar-refractivity contribution >= 4 is 17.4 Å². The Morgan fingerprint density at radius 1 is 1.32 bits per heavy atom. The van der Waals surface area contributed by atoms with Crippen molar-refractivity contribution in [2.75, 3.05) is 4.90 Å². The number of hydrogen-bond donors (Lipinski definition) is 0. The van der Waals surface area contributed by atoms with Crippen molar-refractivity contribution in [1.29, 1.82) is 0 Å². The van der Waals surface area contributed by atoms with Crippen molar-refractivity contribution in [3.63, 3.8) is 0 Å². The van der Waals surface area contributed by atoms with Gasteiger partial charge in [0.05, 0.1) is 0 Å². The lowest BCUT2D eigenvalue weighted by Crippen LogP contribution is -2.32. The van der Waals surface area contributed by atoms with E-state index in [-0.39, 0.29) is 17.8 Å². The zero-order valence-electron chi connectivity index (χ0n) is 13.5. The van der Waals surface area contributed by atoms with E-state index in [2.05, 4.69) is 13.0 Å². The van der Waals surface area contributed by atoms with Crippen molar-refractivity contribution in [3.8, 4) is 5.75 Å². The molecular weight excluding hydrogens is 278 g/mol. The molecule has 3 rings (SSSR count). The molecule has 1 aromatic carbocycles. The van der Waals surface area contributed by atoms with Crippen molar-refractivity contribution in [3.05, 3.63) is 23.8 Å². The average molecular weight is 301 g/mol. The molecule has 2 aliphatic rings. The van der Waals surface area contributed by atoms with E-state index in [1.165, 1.54) is 0 Å². The van der Waals surface area contributed by atoms with Crippen LogP contribution in [0.5, 0.6) is 5.75 Å². The van der Waals surface area contributed by atoms with Gasteiger partial charge < -0.3 is 9.64 Å². The summed E-state index contributed by atoms with van der Waals surface area (Å²) in [6.45, 7) is 5.40. The number of benzene rings is 1. The highest BCUT2D eigenvalue weighted by Crippen LogP contribution is 2.40. The Morgan fingerprint density at radius 3 is 2.64 bits per heavy atom. The number of anilines is 1. The second-order valence-electron chi connectivity index (χ2n) is 6.65. The lowest BCUT2D eigenvalue weighted by Gasteiger charge is -2.28. The first kappa shape index (κ1) is 15.1. The van der Waals surface area contributed by atoms with Crippen LogP contribution in [0, 0.1) is 5.92 Å². The molecule has 4 nitrogen and oxygen atoms in total. The fourth-order valence-electron chi connectivity index (χ4n) is 3.31. The monoisotopic (exact) mass is 301 g/mol. The smallest absolute Gasteiger partial charge is 0.224 e. The van der Waals surface area contributed by atoms with Gasteiger partial charge in [-0.2, -0.15) is 0 Å². The second kappa shape index (κ2) is 5.75. The molecule has 1 saturated carbocycles. The number of carbonyl (C=O) groups excluding carboxylic acids is 2. The molecule has 118 valence electrons. The van der Waals surface area contributed by atoms with Crippen molar-refractivity contribution in [2.45, 2.75) is 58.6 Å². The van der Waals surface area contributed by atoms with E-state index in [1.807, 2.05) is 17.0 Å². The number of ether oxygens (including phenoxy) is 1. The molecule has 1 fully saturated rings. The van der Waals surface area contributed by atoms with E-state index < -0.39 is 0 Å². The topological polar surface area (TPSA) is 46.6 Å².